The lowest BCUT2D eigenvalue weighted by Gasteiger charge is -2.16. The van der Waals surface area contributed by atoms with Crippen molar-refractivity contribution in [3.63, 3.8) is 0 Å². The molecule has 0 aliphatic carbocycles. The molecule has 5 nitrogen and oxygen atoms in total. The highest BCUT2D eigenvalue weighted by molar-refractivity contribution is 5.78. The molecule has 0 radical (unpaired) electrons. The summed E-state index contributed by atoms with van der Waals surface area (Å²) in [5.41, 5.74) is 2.16. The van der Waals surface area contributed by atoms with Gasteiger partial charge in [-0.05, 0) is 37.5 Å². The highest BCUT2D eigenvalue weighted by Crippen LogP contribution is 2.20. The first kappa shape index (κ1) is 15.4. The molecule has 2 rings (SSSR count). The zero-order valence-electron chi connectivity index (χ0n) is 12.5. The standard InChI is InChI=1S/C16H21NO4/c1-11-3-4-12(2)14(9-11)21-8-6-15(18)17-7-5-13(10-17)16(19)20/h3-4,9,13H,5-8,10H2,1-2H3,(H,19,20)/t13-/m0/s1. The van der Waals surface area contributed by atoms with E-state index in [0.717, 1.165) is 16.9 Å². The summed E-state index contributed by atoms with van der Waals surface area (Å²) in [6.45, 7) is 5.12. The third-order valence-electron chi connectivity index (χ3n) is 3.81. The van der Waals surface area contributed by atoms with Gasteiger partial charge in [0.25, 0.3) is 0 Å². The number of aliphatic carboxylic acids is 1. The molecular weight excluding hydrogens is 270 g/mol. The number of amides is 1. The molecule has 1 atom stereocenters. The molecule has 21 heavy (non-hydrogen) atoms. The predicted molar refractivity (Wildman–Crippen MR) is 78.4 cm³/mol. The third kappa shape index (κ3) is 3.97. The molecular formula is C16H21NO4. The number of carboxylic acids is 1. The predicted octanol–water partition coefficient (Wildman–Crippen LogP) is 2.01. The van der Waals surface area contributed by atoms with Crippen LogP contribution in [0.2, 0.25) is 0 Å². The number of ether oxygens (including phenoxy) is 1. The molecule has 0 unspecified atom stereocenters. The largest absolute Gasteiger partial charge is 0.493 e. The maximum atomic E-state index is 12.0. The fraction of sp³-hybridized carbons (Fsp3) is 0.500. The van der Waals surface area contributed by atoms with Crippen LogP contribution in [0.3, 0.4) is 0 Å². The first-order valence-electron chi connectivity index (χ1n) is 7.18. The Kier molecular flexibility index (Phi) is 4.83. The Morgan fingerprint density at radius 3 is 2.81 bits per heavy atom. The number of hydrogen-bond acceptors (Lipinski definition) is 3. The van der Waals surface area contributed by atoms with Crippen molar-refractivity contribution in [1.29, 1.82) is 0 Å². The van der Waals surface area contributed by atoms with Crippen molar-refractivity contribution in [3.8, 4) is 5.75 Å². The Hall–Kier alpha value is -2.04. The van der Waals surface area contributed by atoms with E-state index < -0.39 is 11.9 Å². The van der Waals surface area contributed by atoms with Gasteiger partial charge in [-0.25, -0.2) is 0 Å². The van der Waals surface area contributed by atoms with Crippen molar-refractivity contribution >= 4 is 11.9 Å². The molecule has 0 saturated carbocycles. The van der Waals surface area contributed by atoms with Crippen LogP contribution < -0.4 is 4.74 Å². The fourth-order valence-electron chi connectivity index (χ4n) is 2.46. The van der Waals surface area contributed by atoms with E-state index in [-0.39, 0.29) is 12.3 Å². The van der Waals surface area contributed by atoms with Crippen molar-refractivity contribution < 1.29 is 19.4 Å². The number of nitrogens with zero attached hydrogens (tertiary/aromatic N) is 1. The number of rotatable bonds is 5. The van der Waals surface area contributed by atoms with Gasteiger partial charge in [-0.15, -0.1) is 0 Å². The summed E-state index contributed by atoms with van der Waals surface area (Å²) in [5, 5.41) is 8.93. The van der Waals surface area contributed by atoms with E-state index in [9.17, 15) is 9.59 Å². The molecule has 5 heteroatoms. The van der Waals surface area contributed by atoms with Gasteiger partial charge >= 0.3 is 5.97 Å². The van der Waals surface area contributed by atoms with Gasteiger partial charge in [0, 0.05) is 13.1 Å². The van der Waals surface area contributed by atoms with Gasteiger partial charge in [0.15, 0.2) is 0 Å². The number of carbonyl (C=O) groups excluding carboxylic acids is 1. The second-order valence-electron chi connectivity index (χ2n) is 5.53. The van der Waals surface area contributed by atoms with Crippen LogP contribution in [0.25, 0.3) is 0 Å². The van der Waals surface area contributed by atoms with Crippen LogP contribution in [0.4, 0.5) is 0 Å². The van der Waals surface area contributed by atoms with Crippen molar-refractivity contribution in [3.05, 3.63) is 29.3 Å². The summed E-state index contributed by atoms with van der Waals surface area (Å²) in [5.74, 6) is -0.484. The minimum absolute atomic E-state index is 0.0379. The molecule has 0 spiro atoms. The van der Waals surface area contributed by atoms with Gasteiger partial charge in [0.05, 0.1) is 18.9 Å². The molecule has 1 aromatic rings. The number of hydrogen-bond donors (Lipinski definition) is 1. The zero-order valence-corrected chi connectivity index (χ0v) is 12.5. The molecule has 1 aliphatic heterocycles. The van der Waals surface area contributed by atoms with Gasteiger partial charge in [-0.3, -0.25) is 9.59 Å². The van der Waals surface area contributed by atoms with E-state index in [1.165, 1.54) is 0 Å². The maximum Gasteiger partial charge on any atom is 0.308 e. The topological polar surface area (TPSA) is 66.8 Å². The molecule has 1 aromatic carbocycles. The lowest BCUT2D eigenvalue weighted by atomic mass is 10.1. The van der Waals surface area contributed by atoms with Gasteiger partial charge in [0.1, 0.15) is 5.75 Å². The first-order valence-corrected chi connectivity index (χ1v) is 7.18. The zero-order chi connectivity index (χ0) is 15.4. The van der Waals surface area contributed by atoms with E-state index >= 15 is 0 Å². The van der Waals surface area contributed by atoms with Crippen LogP contribution in [0.1, 0.15) is 24.0 Å². The maximum absolute atomic E-state index is 12.0. The number of carboxylic acid groups (broad SMARTS) is 1. The quantitative estimate of drug-likeness (QED) is 0.901. The number of carbonyl (C=O) groups is 2. The Morgan fingerprint density at radius 2 is 2.14 bits per heavy atom. The minimum Gasteiger partial charge on any atom is -0.493 e. The van der Waals surface area contributed by atoms with Gasteiger partial charge in [-0.2, -0.15) is 0 Å². The summed E-state index contributed by atoms with van der Waals surface area (Å²) in [6.07, 6.45) is 0.818. The normalized spacial score (nSPS) is 17.8. The fourth-order valence-corrected chi connectivity index (χ4v) is 2.46. The molecule has 0 aromatic heterocycles. The lowest BCUT2D eigenvalue weighted by molar-refractivity contribution is -0.141. The highest BCUT2D eigenvalue weighted by atomic mass is 16.5. The van der Waals surface area contributed by atoms with Crippen LogP contribution in [0.5, 0.6) is 5.75 Å². The monoisotopic (exact) mass is 291 g/mol. The minimum atomic E-state index is -0.822. The van der Waals surface area contributed by atoms with E-state index in [2.05, 4.69) is 0 Å². The molecule has 1 fully saturated rings. The average Bonchev–Trinajstić information content (AvgIpc) is 2.92. The molecule has 1 heterocycles. The van der Waals surface area contributed by atoms with Crippen LogP contribution in [0, 0.1) is 19.8 Å². The Bertz CT molecular complexity index is 541. The summed E-state index contributed by atoms with van der Waals surface area (Å²) in [4.78, 5) is 24.5. The SMILES string of the molecule is Cc1ccc(C)c(OCCC(=O)N2CC[C@H](C(=O)O)C2)c1. The van der Waals surface area contributed by atoms with Gasteiger partial charge in [0.2, 0.25) is 5.91 Å². The second-order valence-corrected chi connectivity index (χ2v) is 5.53. The van der Waals surface area contributed by atoms with Crippen LogP contribution in [0.15, 0.2) is 18.2 Å². The van der Waals surface area contributed by atoms with Crippen molar-refractivity contribution in [2.24, 2.45) is 5.92 Å². The number of benzene rings is 1. The molecule has 1 N–H and O–H groups in total. The first-order chi connectivity index (χ1) is 9.97. The van der Waals surface area contributed by atoms with Gasteiger partial charge in [-0.1, -0.05) is 12.1 Å². The summed E-state index contributed by atoms with van der Waals surface area (Å²) in [6, 6.07) is 5.96. The summed E-state index contributed by atoms with van der Waals surface area (Å²) >= 11 is 0. The molecule has 1 saturated heterocycles. The Labute approximate surface area is 124 Å². The number of likely N-dealkylation sites (tertiary alicyclic amines) is 1. The lowest BCUT2D eigenvalue weighted by Crippen LogP contribution is -2.30. The van der Waals surface area contributed by atoms with Crippen molar-refractivity contribution in [2.45, 2.75) is 26.7 Å². The van der Waals surface area contributed by atoms with Crippen molar-refractivity contribution in [1.82, 2.24) is 4.90 Å². The molecule has 1 aliphatic rings. The second kappa shape index (κ2) is 6.61. The van der Waals surface area contributed by atoms with E-state index in [1.807, 2.05) is 32.0 Å². The molecule has 0 bridgehead atoms. The highest BCUT2D eigenvalue weighted by Gasteiger charge is 2.30. The smallest absolute Gasteiger partial charge is 0.308 e. The van der Waals surface area contributed by atoms with E-state index in [4.69, 9.17) is 9.84 Å². The van der Waals surface area contributed by atoms with Crippen molar-refractivity contribution in [2.75, 3.05) is 19.7 Å². The van der Waals surface area contributed by atoms with Crippen LogP contribution in [-0.4, -0.2) is 41.6 Å². The third-order valence-corrected chi connectivity index (χ3v) is 3.81. The summed E-state index contributed by atoms with van der Waals surface area (Å²) < 4.78 is 5.66. The van der Waals surface area contributed by atoms with Crippen LogP contribution in [-0.2, 0) is 9.59 Å². The Balaban J connectivity index is 1.80. The Morgan fingerprint density at radius 1 is 1.38 bits per heavy atom. The molecule has 114 valence electrons. The van der Waals surface area contributed by atoms with Gasteiger partial charge < -0.3 is 14.7 Å². The molecule has 1 amide bonds. The van der Waals surface area contributed by atoms with Crippen LogP contribution >= 0.6 is 0 Å². The number of aryl methyl sites for hydroxylation is 2. The summed E-state index contributed by atoms with van der Waals surface area (Å²) in [7, 11) is 0. The average molecular weight is 291 g/mol. The van der Waals surface area contributed by atoms with E-state index in [1.54, 1.807) is 4.90 Å². The van der Waals surface area contributed by atoms with E-state index in [0.29, 0.717) is 26.1 Å².